The second kappa shape index (κ2) is 10.3. The summed E-state index contributed by atoms with van der Waals surface area (Å²) in [5, 5.41) is 9.74. The van der Waals surface area contributed by atoms with E-state index in [-0.39, 0.29) is 5.91 Å². The number of carbonyl (C=O) groups is 1. The summed E-state index contributed by atoms with van der Waals surface area (Å²) in [6, 6.07) is 10.0. The van der Waals surface area contributed by atoms with Gasteiger partial charge in [-0.05, 0) is 67.6 Å². The number of fused-ring (bicyclic) bond motifs is 2. The maximum atomic E-state index is 11.4. The van der Waals surface area contributed by atoms with Crippen molar-refractivity contribution >= 4 is 17.7 Å². The van der Waals surface area contributed by atoms with Gasteiger partial charge in [-0.15, -0.1) is 0 Å². The smallest absolute Gasteiger partial charge is 0.245 e. The standard InChI is InChI=1S/C21H31NO4S/c1-22(24)21(23)9-5-6-14-27-15-18-17(19-10-11-20(18)26-19)12-13-25-16-7-3-2-4-8-16/h2-4,7-8,17-20,24H,5-6,9-15H2,1H3. The summed E-state index contributed by atoms with van der Waals surface area (Å²) in [5.41, 5.74) is 0. The largest absolute Gasteiger partial charge is 0.494 e. The van der Waals surface area contributed by atoms with E-state index in [2.05, 4.69) is 0 Å². The summed E-state index contributed by atoms with van der Waals surface area (Å²) < 4.78 is 12.1. The lowest BCUT2D eigenvalue weighted by Crippen LogP contribution is -2.30. The third kappa shape index (κ3) is 5.87. The van der Waals surface area contributed by atoms with E-state index in [0.29, 0.717) is 35.5 Å². The van der Waals surface area contributed by atoms with Crippen LogP contribution in [0.2, 0.25) is 0 Å². The lowest BCUT2D eigenvalue weighted by molar-refractivity contribution is -0.159. The molecule has 6 heteroatoms. The van der Waals surface area contributed by atoms with E-state index < -0.39 is 0 Å². The lowest BCUT2D eigenvalue weighted by Gasteiger charge is -2.27. The first-order valence-electron chi connectivity index (χ1n) is 10.0. The number of benzene rings is 1. The van der Waals surface area contributed by atoms with Crippen molar-refractivity contribution in [3.05, 3.63) is 30.3 Å². The average molecular weight is 394 g/mol. The molecule has 1 aromatic rings. The van der Waals surface area contributed by atoms with Crippen molar-refractivity contribution in [2.75, 3.05) is 25.2 Å². The third-order valence-corrected chi connectivity index (χ3v) is 6.85. The highest BCUT2D eigenvalue weighted by atomic mass is 32.2. The van der Waals surface area contributed by atoms with Gasteiger partial charge in [0, 0.05) is 13.5 Å². The first-order valence-corrected chi connectivity index (χ1v) is 11.2. The molecule has 2 saturated heterocycles. The SMILES string of the molecule is CN(O)C(=O)CCCCSCC1C2CCC(O2)C1CCOc1ccccc1. The maximum absolute atomic E-state index is 11.4. The zero-order valence-corrected chi connectivity index (χ0v) is 16.9. The van der Waals surface area contributed by atoms with E-state index in [1.165, 1.54) is 19.9 Å². The molecule has 2 fully saturated rings. The Kier molecular flexibility index (Phi) is 7.85. The fourth-order valence-corrected chi connectivity index (χ4v) is 5.50. The molecule has 1 amide bonds. The van der Waals surface area contributed by atoms with Gasteiger partial charge in [0.2, 0.25) is 5.91 Å². The predicted octanol–water partition coefficient (Wildman–Crippen LogP) is 4.00. The van der Waals surface area contributed by atoms with Crippen molar-refractivity contribution in [1.82, 2.24) is 5.06 Å². The second-order valence-electron chi connectivity index (χ2n) is 7.52. The number of amides is 1. The molecule has 0 aliphatic carbocycles. The molecular formula is C21H31NO4S. The number of hydroxylamine groups is 2. The summed E-state index contributed by atoms with van der Waals surface area (Å²) in [7, 11) is 1.38. The molecule has 2 aliphatic rings. The first kappa shape index (κ1) is 20.5. The van der Waals surface area contributed by atoms with Crippen LogP contribution in [0.1, 0.15) is 38.5 Å². The van der Waals surface area contributed by atoms with Gasteiger partial charge < -0.3 is 9.47 Å². The summed E-state index contributed by atoms with van der Waals surface area (Å²) in [4.78, 5) is 11.4. The van der Waals surface area contributed by atoms with Crippen LogP contribution < -0.4 is 4.74 Å². The van der Waals surface area contributed by atoms with E-state index in [0.717, 1.165) is 43.1 Å². The Morgan fingerprint density at radius 2 is 1.96 bits per heavy atom. The number of hydrogen-bond acceptors (Lipinski definition) is 5. The maximum Gasteiger partial charge on any atom is 0.245 e. The molecule has 4 unspecified atom stereocenters. The number of rotatable bonds is 11. The summed E-state index contributed by atoms with van der Waals surface area (Å²) in [6.45, 7) is 0.749. The van der Waals surface area contributed by atoms with Crippen molar-refractivity contribution in [3.63, 3.8) is 0 Å². The number of thioether (sulfide) groups is 1. The van der Waals surface area contributed by atoms with E-state index in [4.69, 9.17) is 14.7 Å². The van der Waals surface area contributed by atoms with Gasteiger partial charge in [0.15, 0.2) is 0 Å². The van der Waals surface area contributed by atoms with Crippen LogP contribution in [0, 0.1) is 11.8 Å². The molecule has 0 radical (unpaired) electrons. The molecule has 0 spiro atoms. The fourth-order valence-electron chi connectivity index (χ4n) is 4.19. The third-order valence-electron chi connectivity index (χ3n) is 5.65. The molecule has 1 aromatic carbocycles. The Bertz CT molecular complexity index is 583. The van der Waals surface area contributed by atoms with Gasteiger partial charge in [-0.25, -0.2) is 5.06 Å². The molecule has 150 valence electrons. The van der Waals surface area contributed by atoms with Gasteiger partial charge in [0.05, 0.1) is 18.8 Å². The molecule has 2 bridgehead atoms. The van der Waals surface area contributed by atoms with Crippen LogP contribution in [0.5, 0.6) is 5.75 Å². The number of ether oxygens (including phenoxy) is 2. The molecular weight excluding hydrogens is 362 g/mol. The molecule has 0 saturated carbocycles. The number of hydrogen-bond donors (Lipinski definition) is 1. The monoisotopic (exact) mass is 393 g/mol. The van der Waals surface area contributed by atoms with E-state index in [9.17, 15) is 4.79 Å². The highest BCUT2D eigenvalue weighted by molar-refractivity contribution is 7.99. The number of carbonyl (C=O) groups excluding carboxylic acids is 1. The topological polar surface area (TPSA) is 59.0 Å². The zero-order chi connectivity index (χ0) is 19.1. The Morgan fingerprint density at radius 1 is 1.22 bits per heavy atom. The van der Waals surface area contributed by atoms with Crippen molar-refractivity contribution in [1.29, 1.82) is 0 Å². The van der Waals surface area contributed by atoms with Gasteiger partial charge in [-0.2, -0.15) is 11.8 Å². The van der Waals surface area contributed by atoms with E-state index in [1.54, 1.807) is 0 Å². The van der Waals surface area contributed by atoms with Crippen LogP contribution in [-0.4, -0.2) is 53.5 Å². The highest BCUT2D eigenvalue weighted by Crippen LogP contribution is 2.46. The zero-order valence-electron chi connectivity index (χ0n) is 16.1. The summed E-state index contributed by atoms with van der Waals surface area (Å²) in [5.74, 6) is 4.15. The van der Waals surface area contributed by atoms with Gasteiger partial charge in [0.25, 0.3) is 0 Å². The summed E-state index contributed by atoms with van der Waals surface area (Å²) >= 11 is 1.98. The van der Waals surface area contributed by atoms with Crippen molar-refractivity contribution in [2.24, 2.45) is 11.8 Å². The number of para-hydroxylation sites is 1. The van der Waals surface area contributed by atoms with Crippen molar-refractivity contribution in [3.8, 4) is 5.75 Å². The second-order valence-corrected chi connectivity index (χ2v) is 8.67. The van der Waals surface area contributed by atoms with E-state index in [1.807, 2.05) is 42.1 Å². The normalized spacial score (nSPS) is 26.3. The van der Waals surface area contributed by atoms with Crippen molar-refractivity contribution in [2.45, 2.75) is 50.7 Å². The minimum absolute atomic E-state index is 0.208. The van der Waals surface area contributed by atoms with Crippen LogP contribution in [-0.2, 0) is 9.53 Å². The van der Waals surface area contributed by atoms with Crippen LogP contribution >= 0.6 is 11.8 Å². The molecule has 27 heavy (non-hydrogen) atoms. The molecule has 4 atom stereocenters. The van der Waals surface area contributed by atoms with Crippen LogP contribution in [0.3, 0.4) is 0 Å². The summed E-state index contributed by atoms with van der Waals surface area (Å²) in [6.07, 6.45) is 6.54. The predicted molar refractivity (Wildman–Crippen MR) is 107 cm³/mol. The quantitative estimate of drug-likeness (QED) is 0.350. The Balaban J connectivity index is 1.35. The van der Waals surface area contributed by atoms with Crippen molar-refractivity contribution < 1.29 is 19.5 Å². The van der Waals surface area contributed by atoms with Crippen LogP contribution in [0.15, 0.2) is 30.3 Å². The molecule has 3 rings (SSSR count). The molecule has 5 nitrogen and oxygen atoms in total. The number of unbranched alkanes of at least 4 members (excludes halogenated alkanes) is 1. The van der Waals surface area contributed by atoms with Crippen LogP contribution in [0.4, 0.5) is 0 Å². The first-order chi connectivity index (χ1) is 13.1. The van der Waals surface area contributed by atoms with E-state index >= 15 is 0 Å². The average Bonchev–Trinajstić information content (AvgIpc) is 3.27. The Labute approximate surface area is 166 Å². The number of nitrogens with zero attached hydrogens (tertiary/aromatic N) is 1. The van der Waals surface area contributed by atoms with Gasteiger partial charge in [-0.3, -0.25) is 10.0 Å². The Morgan fingerprint density at radius 3 is 2.70 bits per heavy atom. The fraction of sp³-hybridized carbons (Fsp3) is 0.667. The van der Waals surface area contributed by atoms with Gasteiger partial charge >= 0.3 is 0 Å². The molecule has 1 N–H and O–H groups in total. The molecule has 2 aliphatic heterocycles. The highest BCUT2D eigenvalue weighted by Gasteiger charge is 2.48. The molecule has 2 heterocycles. The van der Waals surface area contributed by atoms with Gasteiger partial charge in [0.1, 0.15) is 5.75 Å². The minimum Gasteiger partial charge on any atom is -0.494 e. The minimum atomic E-state index is -0.208. The van der Waals surface area contributed by atoms with Gasteiger partial charge in [-0.1, -0.05) is 18.2 Å². The lowest BCUT2D eigenvalue weighted by atomic mass is 9.79. The molecule has 0 aromatic heterocycles. The van der Waals surface area contributed by atoms with Crippen LogP contribution in [0.25, 0.3) is 0 Å². The Hall–Kier alpha value is -1.24.